The van der Waals surface area contributed by atoms with E-state index in [1.165, 1.54) is 18.5 Å². The molecular formula is C15H22N2O2. The topological polar surface area (TPSA) is 52.6 Å². The Morgan fingerprint density at radius 1 is 1.21 bits per heavy atom. The van der Waals surface area contributed by atoms with Gasteiger partial charge >= 0.3 is 5.97 Å². The molecule has 0 saturated carbocycles. The van der Waals surface area contributed by atoms with E-state index in [1.807, 2.05) is 26.0 Å². The quantitative estimate of drug-likeness (QED) is 0.856. The van der Waals surface area contributed by atoms with Crippen LogP contribution in [-0.2, 0) is 4.79 Å². The van der Waals surface area contributed by atoms with Crippen molar-refractivity contribution in [1.29, 1.82) is 0 Å². The molecule has 0 amide bonds. The third kappa shape index (κ3) is 3.40. The number of nitrogens with zero attached hydrogens (tertiary/aromatic N) is 1. The summed E-state index contributed by atoms with van der Waals surface area (Å²) in [4.78, 5) is 13.5. The van der Waals surface area contributed by atoms with Crippen LogP contribution in [0.15, 0.2) is 24.3 Å². The fraction of sp³-hybridized carbons (Fsp3) is 0.533. The molecule has 1 aromatic rings. The number of carboxylic acid groups (broad SMARTS) is 1. The Bertz CT molecular complexity index is 422. The van der Waals surface area contributed by atoms with Crippen LogP contribution in [0.3, 0.4) is 0 Å². The van der Waals surface area contributed by atoms with E-state index in [4.69, 9.17) is 5.11 Å². The van der Waals surface area contributed by atoms with Gasteiger partial charge in [0, 0.05) is 24.5 Å². The summed E-state index contributed by atoms with van der Waals surface area (Å²) in [6, 6.07) is 7.51. The average molecular weight is 262 g/mol. The van der Waals surface area contributed by atoms with Crippen LogP contribution in [0, 0.1) is 5.92 Å². The molecule has 1 saturated heterocycles. The fourth-order valence-electron chi connectivity index (χ4n) is 2.44. The second-order valence-corrected chi connectivity index (χ2v) is 5.45. The van der Waals surface area contributed by atoms with E-state index in [0.29, 0.717) is 0 Å². The summed E-state index contributed by atoms with van der Waals surface area (Å²) in [5, 5.41) is 12.2. The first-order valence-electron chi connectivity index (χ1n) is 6.92. The molecule has 1 fully saturated rings. The molecule has 2 N–H and O–H groups in total. The van der Waals surface area contributed by atoms with Crippen LogP contribution in [0.5, 0.6) is 0 Å². The van der Waals surface area contributed by atoms with Gasteiger partial charge < -0.3 is 15.3 Å². The van der Waals surface area contributed by atoms with Crippen LogP contribution in [0.2, 0.25) is 0 Å². The molecule has 0 bridgehead atoms. The van der Waals surface area contributed by atoms with Crippen molar-refractivity contribution in [2.75, 3.05) is 23.3 Å². The lowest BCUT2D eigenvalue weighted by Gasteiger charge is -2.21. The van der Waals surface area contributed by atoms with E-state index in [1.54, 1.807) is 0 Å². The molecule has 1 heterocycles. The summed E-state index contributed by atoms with van der Waals surface area (Å²) in [6.45, 7) is 6.06. The van der Waals surface area contributed by atoms with E-state index in [2.05, 4.69) is 22.3 Å². The third-order valence-electron chi connectivity index (χ3n) is 3.59. The van der Waals surface area contributed by atoms with Gasteiger partial charge in [0.25, 0.3) is 0 Å². The van der Waals surface area contributed by atoms with Crippen LogP contribution < -0.4 is 10.2 Å². The molecular weight excluding hydrogens is 240 g/mol. The van der Waals surface area contributed by atoms with Gasteiger partial charge in [-0.1, -0.05) is 13.8 Å². The first kappa shape index (κ1) is 13.7. The predicted octanol–water partition coefficient (Wildman–Crippen LogP) is 2.81. The van der Waals surface area contributed by atoms with E-state index >= 15 is 0 Å². The van der Waals surface area contributed by atoms with Crippen molar-refractivity contribution in [1.82, 2.24) is 0 Å². The van der Waals surface area contributed by atoms with Crippen molar-refractivity contribution in [2.24, 2.45) is 5.92 Å². The number of nitrogens with one attached hydrogen (secondary N) is 1. The van der Waals surface area contributed by atoms with Crippen LogP contribution in [0.1, 0.15) is 26.7 Å². The van der Waals surface area contributed by atoms with Crippen LogP contribution in [0.25, 0.3) is 0 Å². The van der Waals surface area contributed by atoms with Crippen molar-refractivity contribution in [3.8, 4) is 0 Å². The van der Waals surface area contributed by atoms with E-state index < -0.39 is 12.0 Å². The highest BCUT2D eigenvalue weighted by molar-refractivity contribution is 5.77. The fourth-order valence-corrected chi connectivity index (χ4v) is 2.44. The molecule has 104 valence electrons. The number of carbonyl (C=O) groups is 1. The maximum atomic E-state index is 11.2. The lowest BCUT2D eigenvalue weighted by molar-refractivity contribution is -0.138. The molecule has 2 rings (SSSR count). The molecule has 0 aromatic heterocycles. The number of benzene rings is 1. The highest BCUT2D eigenvalue weighted by Gasteiger charge is 2.21. The Kier molecular flexibility index (Phi) is 4.30. The number of aliphatic carboxylic acids is 1. The highest BCUT2D eigenvalue weighted by atomic mass is 16.4. The molecule has 1 unspecified atom stereocenters. The van der Waals surface area contributed by atoms with Gasteiger partial charge in [-0.3, -0.25) is 0 Å². The summed E-state index contributed by atoms with van der Waals surface area (Å²) in [7, 11) is 0. The van der Waals surface area contributed by atoms with Gasteiger partial charge in [-0.05, 0) is 43.0 Å². The van der Waals surface area contributed by atoms with Gasteiger partial charge in [-0.15, -0.1) is 0 Å². The van der Waals surface area contributed by atoms with Crippen LogP contribution in [0.4, 0.5) is 11.4 Å². The van der Waals surface area contributed by atoms with Gasteiger partial charge in [-0.25, -0.2) is 4.79 Å². The summed E-state index contributed by atoms with van der Waals surface area (Å²) < 4.78 is 0. The molecule has 4 nitrogen and oxygen atoms in total. The molecule has 19 heavy (non-hydrogen) atoms. The average Bonchev–Trinajstić information content (AvgIpc) is 2.89. The minimum atomic E-state index is -0.807. The monoisotopic (exact) mass is 262 g/mol. The zero-order chi connectivity index (χ0) is 13.8. The number of carboxylic acids is 1. The minimum absolute atomic E-state index is 0.0516. The zero-order valence-electron chi connectivity index (χ0n) is 11.6. The van der Waals surface area contributed by atoms with Gasteiger partial charge in [0.05, 0.1) is 0 Å². The molecule has 1 aromatic carbocycles. The molecule has 1 aliphatic rings. The lowest BCUT2D eigenvalue weighted by Crippen LogP contribution is -2.34. The van der Waals surface area contributed by atoms with Crippen molar-refractivity contribution in [2.45, 2.75) is 32.7 Å². The Morgan fingerprint density at radius 3 is 2.26 bits per heavy atom. The van der Waals surface area contributed by atoms with E-state index in [-0.39, 0.29) is 5.92 Å². The largest absolute Gasteiger partial charge is 0.480 e. The Hall–Kier alpha value is -1.71. The van der Waals surface area contributed by atoms with Crippen molar-refractivity contribution >= 4 is 17.3 Å². The van der Waals surface area contributed by atoms with Crippen molar-refractivity contribution < 1.29 is 9.90 Å². The zero-order valence-corrected chi connectivity index (χ0v) is 11.6. The Balaban J connectivity index is 2.03. The van der Waals surface area contributed by atoms with E-state index in [9.17, 15) is 4.79 Å². The molecule has 0 aliphatic carbocycles. The third-order valence-corrected chi connectivity index (χ3v) is 3.59. The maximum Gasteiger partial charge on any atom is 0.326 e. The van der Waals surface area contributed by atoms with Crippen molar-refractivity contribution in [3.05, 3.63) is 24.3 Å². The molecule has 4 heteroatoms. The summed E-state index contributed by atoms with van der Waals surface area (Å²) in [5.74, 6) is -0.755. The van der Waals surface area contributed by atoms with Crippen molar-refractivity contribution in [3.63, 3.8) is 0 Å². The van der Waals surface area contributed by atoms with Gasteiger partial charge in [0.15, 0.2) is 0 Å². The molecule has 0 spiro atoms. The predicted molar refractivity (Wildman–Crippen MR) is 77.8 cm³/mol. The number of hydrogen-bond acceptors (Lipinski definition) is 3. The summed E-state index contributed by atoms with van der Waals surface area (Å²) >= 11 is 0. The second-order valence-electron chi connectivity index (χ2n) is 5.45. The van der Waals surface area contributed by atoms with Gasteiger partial charge in [-0.2, -0.15) is 0 Å². The number of anilines is 2. The number of rotatable bonds is 5. The molecule has 1 aliphatic heterocycles. The lowest BCUT2D eigenvalue weighted by atomic mass is 10.0. The standard InChI is InChI=1S/C15H22N2O2/c1-11(2)14(15(18)19)16-12-5-7-13(8-6-12)17-9-3-4-10-17/h5-8,11,14,16H,3-4,9-10H2,1-2H3,(H,18,19). The second kappa shape index (κ2) is 5.95. The van der Waals surface area contributed by atoms with Crippen LogP contribution >= 0.6 is 0 Å². The van der Waals surface area contributed by atoms with E-state index in [0.717, 1.165) is 18.8 Å². The van der Waals surface area contributed by atoms with Gasteiger partial charge in [0.1, 0.15) is 6.04 Å². The van der Waals surface area contributed by atoms with Gasteiger partial charge in [0.2, 0.25) is 0 Å². The summed E-state index contributed by atoms with van der Waals surface area (Å²) in [5.41, 5.74) is 2.09. The van der Waals surface area contributed by atoms with Crippen LogP contribution in [-0.4, -0.2) is 30.2 Å². The number of hydrogen-bond donors (Lipinski definition) is 2. The molecule has 0 radical (unpaired) electrons. The first-order valence-corrected chi connectivity index (χ1v) is 6.92. The maximum absolute atomic E-state index is 11.2. The first-order chi connectivity index (χ1) is 9.08. The Labute approximate surface area is 114 Å². The SMILES string of the molecule is CC(C)C(Nc1ccc(N2CCCC2)cc1)C(=O)O. The Morgan fingerprint density at radius 2 is 1.79 bits per heavy atom. The molecule has 1 atom stereocenters. The highest BCUT2D eigenvalue weighted by Crippen LogP contribution is 2.23. The summed E-state index contributed by atoms with van der Waals surface area (Å²) in [6.07, 6.45) is 2.52. The minimum Gasteiger partial charge on any atom is -0.480 e. The smallest absolute Gasteiger partial charge is 0.326 e. The normalized spacial score (nSPS) is 16.7.